The summed E-state index contributed by atoms with van der Waals surface area (Å²) in [5.74, 6) is 0. The van der Waals surface area contributed by atoms with Crippen LogP contribution in [0.2, 0.25) is 0 Å². The molecule has 0 atom stereocenters. The Kier molecular flexibility index (Phi) is 51.9. The van der Waals surface area contributed by atoms with Crippen LogP contribution >= 0.6 is 0 Å². The summed E-state index contributed by atoms with van der Waals surface area (Å²) in [5, 5.41) is 0. The summed E-state index contributed by atoms with van der Waals surface area (Å²) in [6.07, 6.45) is 0. The largest absolute Gasteiger partial charge is 3.00 e. The summed E-state index contributed by atoms with van der Waals surface area (Å²) in [7, 11) is 0. The topological polar surface area (TPSA) is 17.1 Å². The van der Waals surface area contributed by atoms with Crippen molar-refractivity contribution in [1.29, 1.82) is 0 Å². The summed E-state index contributed by atoms with van der Waals surface area (Å²) in [6, 6.07) is 0. The van der Waals surface area contributed by atoms with Crippen LogP contribution in [0.1, 0.15) is 6.92 Å². The third-order valence-electron chi connectivity index (χ3n) is 0. The molecule has 0 aromatic rings. The first-order chi connectivity index (χ1) is 1.73. The standard InChI is InChI=1S/C2H3O.Al.Cd.2S/c1-2-3;;;;/h1H3;;;;/q;+3;+1;2*-2. The maximum atomic E-state index is 9.52. The molecule has 0 fully saturated rings. The Morgan fingerprint density at radius 3 is 1.43 bits per heavy atom. The minimum absolute atomic E-state index is 0. The number of rotatable bonds is 0. The quantitative estimate of drug-likeness (QED) is 0.536. The molecule has 0 radical (unpaired) electrons. The van der Waals surface area contributed by atoms with Crippen molar-refractivity contribution in [2.75, 3.05) is 0 Å². The van der Waals surface area contributed by atoms with E-state index in [9.17, 15) is 4.79 Å². The molecule has 0 aromatic carbocycles. The fraction of sp³-hybridized carbons (Fsp3) is 0.500. The Morgan fingerprint density at radius 1 is 1.43 bits per heavy atom. The predicted molar refractivity (Wildman–Crippen MR) is 31.2 cm³/mol. The first-order valence-electron chi connectivity index (χ1n) is 1.06. The second-order valence-electron chi connectivity index (χ2n) is 0.702. The minimum Gasteiger partial charge on any atom is -2.00 e. The van der Waals surface area contributed by atoms with E-state index in [-0.39, 0.29) is 44.4 Å². The monoisotopic (exact) mass is 248 g/mol. The zero-order valence-electron chi connectivity index (χ0n) is 4.01. The van der Waals surface area contributed by atoms with Crippen molar-refractivity contribution >= 4 is 47.7 Å². The molecule has 1 nitrogen and oxygen atoms in total. The number of hydrogen-bond donors (Lipinski definition) is 0. The summed E-state index contributed by atoms with van der Waals surface area (Å²) in [6.45, 7) is 1.60. The van der Waals surface area contributed by atoms with E-state index in [2.05, 4.69) is 0 Å². The molecule has 0 aromatic heterocycles. The van der Waals surface area contributed by atoms with E-state index in [1.807, 2.05) is 0 Å². The summed E-state index contributed by atoms with van der Waals surface area (Å²) in [4.78, 5) is 9.52. The van der Waals surface area contributed by atoms with E-state index >= 15 is 0 Å². The van der Waals surface area contributed by atoms with Gasteiger partial charge in [-0.25, -0.2) is 0 Å². The molecule has 0 unspecified atom stereocenters. The molecule has 0 spiro atoms. The third-order valence-corrected chi connectivity index (χ3v) is 0. The Morgan fingerprint density at radius 2 is 1.43 bits per heavy atom. The van der Waals surface area contributed by atoms with Gasteiger partial charge in [0.2, 0.25) is 0 Å². The predicted octanol–water partition coefficient (Wildman–Crippen LogP) is -0.306. The maximum absolute atomic E-state index is 9.52. The van der Waals surface area contributed by atoms with Crippen molar-refractivity contribution in [3.8, 4) is 0 Å². The Labute approximate surface area is 84.3 Å². The van der Waals surface area contributed by atoms with Crippen molar-refractivity contribution in [3.63, 3.8) is 0 Å². The number of carbonyl (C=O) groups is 1. The maximum Gasteiger partial charge on any atom is 3.00 e. The van der Waals surface area contributed by atoms with Crippen LogP contribution in [0.4, 0.5) is 0 Å². The molecular formula is C2H3AlCdOS2. The first kappa shape index (κ1) is 23.2. The molecule has 0 N–H and O–H groups in total. The van der Waals surface area contributed by atoms with Gasteiger partial charge in [-0.15, -0.1) is 0 Å². The van der Waals surface area contributed by atoms with Crippen molar-refractivity contribution in [3.05, 3.63) is 0 Å². The molecule has 0 saturated carbocycles. The zero-order valence-corrected chi connectivity index (χ0v) is 10.8. The molecule has 7 heavy (non-hydrogen) atoms. The summed E-state index contributed by atoms with van der Waals surface area (Å²) >= 11 is 0.527. The molecule has 0 aliphatic heterocycles. The zero-order chi connectivity index (χ0) is 3.58. The molecule has 0 saturated heterocycles. The van der Waals surface area contributed by atoms with E-state index < -0.39 is 0 Å². The van der Waals surface area contributed by atoms with Crippen molar-refractivity contribution < 1.29 is 30.6 Å². The van der Waals surface area contributed by atoms with Crippen LogP contribution in [0.5, 0.6) is 0 Å². The average Bonchev–Trinajstić information content (AvgIpc) is 0.811. The minimum atomic E-state index is 0. The molecule has 5 heteroatoms. The van der Waals surface area contributed by atoms with Gasteiger partial charge in [-0.05, 0) is 0 Å². The van der Waals surface area contributed by atoms with Crippen molar-refractivity contribution in [1.82, 2.24) is 0 Å². The summed E-state index contributed by atoms with van der Waals surface area (Å²) < 4.78 is 0.337. The normalized spacial score (nSPS) is 3.86. The summed E-state index contributed by atoms with van der Waals surface area (Å²) in [5.41, 5.74) is 0. The smallest absolute Gasteiger partial charge is 2.00 e. The Balaban J connectivity index is -0.0000000150. The van der Waals surface area contributed by atoms with Gasteiger partial charge < -0.3 is 27.0 Å². The SMILES string of the molecule is C[C](=O)[Cd+].[Al+3].[S-2].[S-2]. The molecule has 0 bridgehead atoms. The van der Waals surface area contributed by atoms with Gasteiger partial charge in [0.15, 0.2) is 0 Å². The van der Waals surface area contributed by atoms with Crippen molar-refractivity contribution in [2.45, 2.75) is 6.92 Å². The first-order valence-corrected chi connectivity index (χ1v) is 3.08. The molecule has 0 aliphatic carbocycles. The number of carbonyl (C=O) groups excluding carboxylic acids is 1. The van der Waals surface area contributed by atoms with Gasteiger partial charge in [-0.1, -0.05) is 0 Å². The van der Waals surface area contributed by atoms with E-state index in [0.29, 0.717) is 29.1 Å². The van der Waals surface area contributed by atoms with E-state index in [1.165, 1.54) is 0 Å². The van der Waals surface area contributed by atoms with Gasteiger partial charge >= 0.3 is 58.2 Å². The van der Waals surface area contributed by atoms with Gasteiger partial charge in [0.1, 0.15) is 0 Å². The third kappa shape index (κ3) is 79.7. The fourth-order valence-electron chi connectivity index (χ4n) is 0. The van der Waals surface area contributed by atoms with E-state index in [4.69, 9.17) is 0 Å². The van der Waals surface area contributed by atoms with Crippen molar-refractivity contribution in [2.24, 2.45) is 0 Å². The van der Waals surface area contributed by atoms with Crippen LogP contribution in [0, 0.1) is 0 Å². The molecule has 0 aliphatic rings. The van der Waals surface area contributed by atoms with Crippen LogP contribution in [0.15, 0.2) is 0 Å². The second kappa shape index (κ2) is 15.7. The van der Waals surface area contributed by atoms with E-state index in [1.54, 1.807) is 6.92 Å². The van der Waals surface area contributed by atoms with Gasteiger partial charge in [0, 0.05) is 0 Å². The molecule has 0 amide bonds. The van der Waals surface area contributed by atoms with Crippen LogP contribution in [0.25, 0.3) is 0 Å². The average molecular weight is 247 g/mol. The van der Waals surface area contributed by atoms with Gasteiger partial charge in [0.05, 0.1) is 0 Å². The molecule has 0 heterocycles. The van der Waals surface area contributed by atoms with Crippen LogP contribution in [-0.2, 0) is 57.6 Å². The van der Waals surface area contributed by atoms with Crippen LogP contribution < -0.4 is 0 Å². The van der Waals surface area contributed by atoms with Crippen LogP contribution in [0.3, 0.4) is 0 Å². The Hall–Kier alpha value is 1.82. The van der Waals surface area contributed by atoms with Gasteiger partial charge in [-0.3, -0.25) is 0 Å². The fourth-order valence-corrected chi connectivity index (χ4v) is 0. The molecular weight excluding hydrogens is 244 g/mol. The molecule has 34 valence electrons. The van der Waals surface area contributed by atoms with Crippen LogP contribution in [-0.4, -0.2) is 20.7 Å². The molecule has 0 rings (SSSR count). The van der Waals surface area contributed by atoms with E-state index in [0.717, 1.165) is 0 Å². The number of hydrogen-bond acceptors (Lipinski definition) is 1. The van der Waals surface area contributed by atoms with Gasteiger partial charge in [0.25, 0.3) is 0 Å². The second-order valence-corrected chi connectivity index (χ2v) is 3.54. The Bertz CT molecular complexity index is 38.7. The van der Waals surface area contributed by atoms with Gasteiger partial charge in [-0.2, -0.15) is 0 Å².